The second kappa shape index (κ2) is 9.83. The Kier molecular flexibility index (Phi) is 6.71. The molecule has 0 aliphatic carbocycles. The highest BCUT2D eigenvalue weighted by Gasteiger charge is 2.28. The summed E-state index contributed by atoms with van der Waals surface area (Å²) in [7, 11) is 0. The average Bonchev–Trinajstić information content (AvgIpc) is 3.08. The summed E-state index contributed by atoms with van der Waals surface area (Å²) >= 11 is 3.61. The molecule has 0 N–H and O–H groups in total. The van der Waals surface area contributed by atoms with E-state index in [0.29, 0.717) is 36.0 Å². The van der Waals surface area contributed by atoms with Crippen LogP contribution in [0.15, 0.2) is 87.9 Å². The highest BCUT2D eigenvalue weighted by atomic mass is 79.9. The zero-order valence-corrected chi connectivity index (χ0v) is 19.5. The molecule has 0 spiro atoms. The molecular formula is C26H23BrN2O3. The van der Waals surface area contributed by atoms with Crippen LogP contribution in [0, 0.1) is 0 Å². The molecule has 0 saturated carbocycles. The van der Waals surface area contributed by atoms with Gasteiger partial charge in [-0.15, -0.1) is 0 Å². The Morgan fingerprint density at radius 3 is 2.38 bits per heavy atom. The van der Waals surface area contributed by atoms with Gasteiger partial charge < -0.3 is 9.47 Å². The van der Waals surface area contributed by atoms with Gasteiger partial charge in [0.1, 0.15) is 6.61 Å². The molecule has 3 aromatic rings. The largest absolute Gasteiger partial charge is 0.490 e. The second-order valence-corrected chi connectivity index (χ2v) is 8.09. The van der Waals surface area contributed by atoms with Gasteiger partial charge in [0.2, 0.25) is 0 Å². The summed E-state index contributed by atoms with van der Waals surface area (Å²) in [4.78, 5) is 13.0. The van der Waals surface area contributed by atoms with Gasteiger partial charge in [-0.25, -0.2) is 0 Å². The number of carbonyl (C=O) groups is 1. The van der Waals surface area contributed by atoms with Gasteiger partial charge in [0.25, 0.3) is 5.91 Å². The van der Waals surface area contributed by atoms with Crippen molar-refractivity contribution in [2.45, 2.75) is 20.5 Å². The maximum absolute atomic E-state index is 13.0. The van der Waals surface area contributed by atoms with Crippen LogP contribution in [0.25, 0.3) is 6.08 Å². The minimum absolute atomic E-state index is 0.160. The number of amides is 1. The maximum Gasteiger partial charge on any atom is 0.280 e. The minimum atomic E-state index is -0.160. The normalized spacial score (nSPS) is 14.6. The number of ether oxygens (including phenoxy) is 2. The summed E-state index contributed by atoms with van der Waals surface area (Å²) in [6.45, 7) is 4.68. The third-order valence-corrected chi connectivity index (χ3v) is 5.52. The lowest BCUT2D eigenvalue weighted by Crippen LogP contribution is -2.21. The molecule has 0 atom stereocenters. The number of carbonyl (C=O) groups excluding carboxylic acids is 1. The van der Waals surface area contributed by atoms with Crippen molar-refractivity contribution in [3.05, 3.63) is 94.0 Å². The molecule has 6 heteroatoms. The number of nitrogens with zero attached hydrogens (tertiary/aromatic N) is 2. The molecule has 4 rings (SSSR count). The Bertz CT molecular complexity index is 1170. The van der Waals surface area contributed by atoms with Crippen LogP contribution in [0.5, 0.6) is 11.5 Å². The Hall–Kier alpha value is -3.38. The lowest BCUT2D eigenvalue weighted by atomic mass is 10.1. The molecular weight excluding hydrogens is 468 g/mol. The SMILES string of the molecule is CCOc1cc(/C=C2\C(=O)N(c3ccccc3)N=C2C)cc(Br)c1OCc1ccccc1. The van der Waals surface area contributed by atoms with E-state index in [0.717, 1.165) is 21.3 Å². The van der Waals surface area contributed by atoms with E-state index in [1.54, 1.807) is 0 Å². The Morgan fingerprint density at radius 2 is 1.69 bits per heavy atom. The van der Waals surface area contributed by atoms with Gasteiger partial charge in [-0.05, 0) is 71.2 Å². The molecule has 0 bridgehead atoms. The molecule has 0 unspecified atom stereocenters. The van der Waals surface area contributed by atoms with E-state index in [-0.39, 0.29) is 5.91 Å². The minimum Gasteiger partial charge on any atom is -0.490 e. The summed E-state index contributed by atoms with van der Waals surface area (Å²) in [5, 5.41) is 5.87. The quantitative estimate of drug-likeness (QED) is 0.368. The van der Waals surface area contributed by atoms with E-state index in [1.165, 1.54) is 5.01 Å². The third kappa shape index (κ3) is 4.75. The zero-order valence-electron chi connectivity index (χ0n) is 17.9. The van der Waals surface area contributed by atoms with Crippen LogP contribution in [-0.2, 0) is 11.4 Å². The van der Waals surface area contributed by atoms with Gasteiger partial charge in [-0.1, -0.05) is 48.5 Å². The van der Waals surface area contributed by atoms with Crippen molar-refractivity contribution in [2.75, 3.05) is 11.6 Å². The van der Waals surface area contributed by atoms with Crippen LogP contribution in [0.1, 0.15) is 25.0 Å². The Labute approximate surface area is 196 Å². The number of halogens is 1. The topological polar surface area (TPSA) is 51.1 Å². The third-order valence-electron chi connectivity index (χ3n) is 4.93. The number of hydrogen-bond donors (Lipinski definition) is 0. The first-order valence-corrected chi connectivity index (χ1v) is 11.2. The molecule has 1 aliphatic rings. The smallest absolute Gasteiger partial charge is 0.280 e. The first kappa shape index (κ1) is 21.8. The number of rotatable bonds is 7. The fraction of sp³-hybridized carbons (Fsp3) is 0.154. The number of para-hydroxylation sites is 1. The van der Waals surface area contributed by atoms with Gasteiger partial charge in [-0.3, -0.25) is 4.79 Å². The molecule has 1 heterocycles. The number of benzene rings is 3. The number of anilines is 1. The van der Waals surface area contributed by atoms with Gasteiger partial charge in [0.15, 0.2) is 11.5 Å². The molecule has 1 amide bonds. The maximum atomic E-state index is 13.0. The van der Waals surface area contributed by atoms with E-state index in [1.807, 2.05) is 92.7 Å². The summed E-state index contributed by atoms with van der Waals surface area (Å²) in [5.74, 6) is 1.09. The lowest BCUT2D eigenvalue weighted by Gasteiger charge is -2.15. The van der Waals surface area contributed by atoms with Crippen LogP contribution in [-0.4, -0.2) is 18.2 Å². The van der Waals surface area contributed by atoms with Crippen molar-refractivity contribution in [1.82, 2.24) is 0 Å². The predicted octanol–water partition coefficient (Wildman–Crippen LogP) is 6.23. The van der Waals surface area contributed by atoms with E-state index < -0.39 is 0 Å². The Balaban J connectivity index is 1.62. The van der Waals surface area contributed by atoms with E-state index >= 15 is 0 Å². The zero-order chi connectivity index (χ0) is 22.5. The van der Waals surface area contributed by atoms with Crippen molar-refractivity contribution < 1.29 is 14.3 Å². The molecule has 0 radical (unpaired) electrons. The first-order valence-electron chi connectivity index (χ1n) is 10.4. The van der Waals surface area contributed by atoms with Crippen LogP contribution in [0.4, 0.5) is 5.69 Å². The molecule has 3 aromatic carbocycles. The number of hydrazone groups is 1. The second-order valence-electron chi connectivity index (χ2n) is 7.23. The van der Waals surface area contributed by atoms with Crippen molar-refractivity contribution in [1.29, 1.82) is 0 Å². The fourth-order valence-corrected chi connectivity index (χ4v) is 3.97. The van der Waals surface area contributed by atoms with Gasteiger partial charge in [0.05, 0.1) is 28.1 Å². The van der Waals surface area contributed by atoms with Gasteiger partial charge in [0, 0.05) is 0 Å². The molecule has 162 valence electrons. The Morgan fingerprint density at radius 1 is 1.00 bits per heavy atom. The summed E-state index contributed by atoms with van der Waals surface area (Å²) in [6, 6.07) is 23.2. The van der Waals surface area contributed by atoms with E-state index in [2.05, 4.69) is 21.0 Å². The summed E-state index contributed by atoms with van der Waals surface area (Å²) in [6.07, 6.45) is 1.83. The van der Waals surface area contributed by atoms with Crippen LogP contribution in [0.2, 0.25) is 0 Å². The van der Waals surface area contributed by atoms with E-state index in [4.69, 9.17) is 9.47 Å². The lowest BCUT2D eigenvalue weighted by molar-refractivity contribution is -0.114. The monoisotopic (exact) mass is 490 g/mol. The van der Waals surface area contributed by atoms with Crippen LogP contribution in [0.3, 0.4) is 0 Å². The fourth-order valence-electron chi connectivity index (χ4n) is 3.40. The molecule has 0 aromatic heterocycles. The molecule has 1 aliphatic heterocycles. The van der Waals surface area contributed by atoms with Crippen molar-refractivity contribution in [2.24, 2.45) is 5.10 Å². The van der Waals surface area contributed by atoms with Crippen LogP contribution < -0.4 is 14.5 Å². The summed E-state index contributed by atoms with van der Waals surface area (Å²) in [5.41, 5.74) is 3.83. The highest BCUT2D eigenvalue weighted by molar-refractivity contribution is 9.10. The van der Waals surface area contributed by atoms with Crippen molar-refractivity contribution in [3.8, 4) is 11.5 Å². The van der Waals surface area contributed by atoms with Gasteiger partial charge in [-0.2, -0.15) is 10.1 Å². The van der Waals surface area contributed by atoms with Crippen molar-refractivity contribution >= 4 is 39.3 Å². The first-order chi connectivity index (χ1) is 15.6. The molecule has 0 saturated heterocycles. The molecule has 0 fully saturated rings. The predicted molar refractivity (Wildman–Crippen MR) is 131 cm³/mol. The summed E-state index contributed by atoms with van der Waals surface area (Å²) < 4.78 is 12.7. The molecule has 5 nitrogen and oxygen atoms in total. The molecule has 32 heavy (non-hydrogen) atoms. The standard InChI is InChI=1S/C26H23BrN2O3/c1-3-31-24-16-20(15-23(27)25(24)32-17-19-10-6-4-7-11-19)14-22-18(2)28-29(26(22)30)21-12-8-5-9-13-21/h4-16H,3,17H2,1-2H3/b22-14-. The van der Waals surface area contributed by atoms with E-state index in [9.17, 15) is 4.79 Å². The highest BCUT2D eigenvalue weighted by Crippen LogP contribution is 2.38. The van der Waals surface area contributed by atoms with Gasteiger partial charge >= 0.3 is 0 Å². The van der Waals surface area contributed by atoms with Crippen LogP contribution >= 0.6 is 15.9 Å². The van der Waals surface area contributed by atoms with Crippen molar-refractivity contribution in [3.63, 3.8) is 0 Å². The number of hydrogen-bond acceptors (Lipinski definition) is 4. The average molecular weight is 491 g/mol.